The second kappa shape index (κ2) is 7.80. The zero-order chi connectivity index (χ0) is 17.7. The number of hydrogen-bond acceptors (Lipinski definition) is 1. The SMILES string of the molecule is Cc1ccc(CNC(=S)NCc2ccc(C(C)(C)C)cc2)cc1C. The summed E-state index contributed by atoms with van der Waals surface area (Å²) in [5.41, 5.74) is 6.65. The van der Waals surface area contributed by atoms with Crippen LogP contribution in [0.5, 0.6) is 0 Å². The van der Waals surface area contributed by atoms with Gasteiger partial charge in [-0.25, -0.2) is 0 Å². The lowest BCUT2D eigenvalue weighted by molar-refractivity contribution is 0.590. The highest BCUT2D eigenvalue weighted by molar-refractivity contribution is 7.80. The number of nitrogens with one attached hydrogen (secondary N) is 2. The Balaban J connectivity index is 1.81. The van der Waals surface area contributed by atoms with E-state index in [4.69, 9.17) is 12.2 Å². The molecule has 0 spiro atoms. The molecule has 0 atom stereocenters. The Morgan fingerprint density at radius 3 is 1.92 bits per heavy atom. The normalized spacial score (nSPS) is 11.2. The van der Waals surface area contributed by atoms with Crippen molar-refractivity contribution in [1.29, 1.82) is 0 Å². The first-order valence-electron chi connectivity index (χ1n) is 8.43. The maximum Gasteiger partial charge on any atom is 0.166 e. The molecule has 0 saturated carbocycles. The number of rotatable bonds is 4. The van der Waals surface area contributed by atoms with E-state index in [1.165, 1.54) is 27.8 Å². The van der Waals surface area contributed by atoms with Crippen LogP contribution in [0.4, 0.5) is 0 Å². The third-order valence-electron chi connectivity index (χ3n) is 4.30. The third-order valence-corrected chi connectivity index (χ3v) is 4.59. The highest BCUT2D eigenvalue weighted by atomic mass is 32.1. The van der Waals surface area contributed by atoms with Gasteiger partial charge in [-0.15, -0.1) is 0 Å². The number of thiocarbonyl (C=S) groups is 1. The standard InChI is InChI=1S/C21H28N2S/c1-15-6-7-18(12-16(15)2)14-23-20(24)22-13-17-8-10-19(11-9-17)21(3,4)5/h6-12H,13-14H2,1-5H3,(H2,22,23,24). The van der Waals surface area contributed by atoms with Crippen LogP contribution in [0.3, 0.4) is 0 Å². The van der Waals surface area contributed by atoms with Crippen LogP contribution in [-0.4, -0.2) is 5.11 Å². The Bertz CT molecular complexity index is 697. The summed E-state index contributed by atoms with van der Waals surface area (Å²) in [6, 6.07) is 15.2. The van der Waals surface area contributed by atoms with Crippen LogP contribution in [0, 0.1) is 13.8 Å². The Kier molecular flexibility index (Phi) is 6.00. The van der Waals surface area contributed by atoms with Gasteiger partial charge in [0.1, 0.15) is 0 Å². The molecule has 0 unspecified atom stereocenters. The smallest absolute Gasteiger partial charge is 0.166 e. The largest absolute Gasteiger partial charge is 0.359 e. The Morgan fingerprint density at radius 1 is 0.833 bits per heavy atom. The van der Waals surface area contributed by atoms with E-state index in [-0.39, 0.29) is 5.41 Å². The van der Waals surface area contributed by atoms with Crippen molar-refractivity contribution in [3.05, 3.63) is 70.3 Å². The van der Waals surface area contributed by atoms with Gasteiger partial charge in [-0.05, 0) is 59.3 Å². The van der Waals surface area contributed by atoms with Crippen molar-refractivity contribution in [2.45, 2.75) is 53.1 Å². The Hall–Kier alpha value is -1.87. The quantitative estimate of drug-likeness (QED) is 0.784. The molecule has 0 fully saturated rings. The molecule has 0 aromatic heterocycles. The van der Waals surface area contributed by atoms with Gasteiger partial charge < -0.3 is 10.6 Å². The second-order valence-electron chi connectivity index (χ2n) is 7.40. The summed E-state index contributed by atoms with van der Waals surface area (Å²) >= 11 is 5.37. The molecular formula is C21H28N2S. The van der Waals surface area contributed by atoms with Gasteiger partial charge in [0.2, 0.25) is 0 Å². The van der Waals surface area contributed by atoms with Crippen molar-refractivity contribution in [2.24, 2.45) is 0 Å². The maximum absolute atomic E-state index is 5.37. The molecule has 2 aromatic carbocycles. The van der Waals surface area contributed by atoms with Gasteiger partial charge in [0.25, 0.3) is 0 Å². The molecule has 2 rings (SSSR count). The van der Waals surface area contributed by atoms with Gasteiger partial charge in [0.05, 0.1) is 0 Å². The lowest BCUT2D eigenvalue weighted by Crippen LogP contribution is -2.34. The van der Waals surface area contributed by atoms with E-state index in [1.54, 1.807) is 0 Å². The molecule has 0 amide bonds. The molecular weight excluding hydrogens is 312 g/mol. The van der Waals surface area contributed by atoms with E-state index in [1.807, 2.05) is 0 Å². The Morgan fingerprint density at radius 2 is 1.38 bits per heavy atom. The van der Waals surface area contributed by atoms with Crippen LogP contribution < -0.4 is 10.6 Å². The van der Waals surface area contributed by atoms with Gasteiger partial charge in [-0.3, -0.25) is 0 Å². The lowest BCUT2D eigenvalue weighted by atomic mass is 9.87. The maximum atomic E-state index is 5.37. The van der Waals surface area contributed by atoms with E-state index in [2.05, 4.69) is 87.7 Å². The summed E-state index contributed by atoms with van der Waals surface area (Å²) in [7, 11) is 0. The van der Waals surface area contributed by atoms with Crippen molar-refractivity contribution in [3.63, 3.8) is 0 Å². The first-order valence-corrected chi connectivity index (χ1v) is 8.84. The first-order chi connectivity index (χ1) is 11.3. The molecule has 0 heterocycles. The third kappa shape index (κ3) is 5.34. The van der Waals surface area contributed by atoms with E-state index < -0.39 is 0 Å². The first kappa shape index (κ1) is 18.5. The number of aryl methyl sites for hydroxylation is 2. The summed E-state index contributed by atoms with van der Waals surface area (Å²) in [4.78, 5) is 0. The molecule has 128 valence electrons. The zero-order valence-electron chi connectivity index (χ0n) is 15.4. The molecule has 2 aromatic rings. The summed E-state index contributed by atoms with van der Waals surface area (Å²) < 4.78 is 0. The van der Waals surface area contributed by atoms with E-state index in [0.717, 1.165) is 13.1 Å². The predicted octanol–water partition coefficient (Wildman–Crippen LogP) is 4.77. The van der Waals surface area contributed by atoms with Gasteiger partial charge in [0, 0.05) is 13.1 Å². The fourth-order valence-corrected chi connectivity index (χ4v) is 2.61. The van der Waals surface area contributed by atoms with E-state index in [0.29, 0.717) is 5.11 Å². The van der Waals surface area contributed by atoms with Crippen LogP contribution in [0.15, 0.2) is 42.5 Å². The van der Waals surface area contributed by atoms with E-state index in [9.17, 15) is 0 Å². The predicted molar refractivity (Wildman–Crippen MR) is 107 cm³/mol. The van der Waals surface area contributed by atoms with Crippen molar-refractivity contribution >= 4 is 17.3 Å². The average Bonchev–Trinajstić information content (AvgIpc) is 2.53. The van der Waals surface area contributed by atoms with E-state index >= 15 is 0 Å². The van der Waals surface area contributed by atoms with Gasteiger partial charge in [-0.1, -0.05) is 63.2 Å². The van der Waals surface area contributed by atoms with Gasteiger partial charge in [-0.2, -0.15) is 0 Å². The fraction of sp³-hybridized carbons (Fsp3) is 0.381. The summed E-state index contributed by atoms with van der Waals surface area (Å²) in [6.45, 7) is 12.4. The molecule has 0 aliphatic carbocycles. The molecule has 0 radical (unpaired) electrons. The molecule has 0 saturated heterocycles. The van der Waals surface area contributed by atoms with Crippen LogP contribution in [0.2, 0.25) is 0 Å². The lowest BCUT2D eigenvalue weighted by Gasteiger charge is -2.19. The van der Waals surface area contributed by atoms with Crippen molar-refractivity contribution in [1.82, 2.24) is 10.6 Å². The van der Waals surface area contributed by atoms with Gasteiger partial charge in [0.15, 0.2) is 5.11 Å². The minimum absolute atomic E-state index is 0.189. The van der Waals surface area contributed by atoms with Crippen molar-refractivity contribution in [3.8, 4) is 0 Å². The monoisotopic (exact) mass is 340 g/mol. The highest BCUT2D eigenvalue weighted by Gasteiger charge is 2.12. The fourth-order valence-electron chi connectivity index (χ4n) is 2.46. The topological polar surface area (TPSA) is 24.1 Å². The number of benzene rings is 2. The van der Waals surface area contributed by atoms with Crippen molar-refractivity contribution < 1.29 is 0 Å². The molecule has 24 heavy (non-hydrogen) atoms. The molecule has 2 N–H and O–H groups in total. The second-order valence-corrected chi connectivity index (χ2v) is 7.81. The molecule has 0 aliphatic heterocycles. The zero-order valence-corrected chi connectivity index (χ0v) is 16.2. The van der Waals surface area contributed by atoms with Crippen molar-refractivity contribution in [2.75, 3.05) is 0 Å². The van der Waals surface area contributed by atoms with Crippen LogP contribution in [-0.2, 0) is 18.5 Å². The summed E-state index contributed by atoms with van der Waals surface area (Å²) in [6.07, 6.45) is 0. The molecule has 0 aliphatic rings. The minimum atomic E-state index is 0.189. The summed E-state index contributed by atoms with van der Waals surface area (Å²) in [5, 5.41) is 7.23. The summed E-state index contributed by atoms with van der Waals surface area (Å²) in [5.74, 6) is 0. The highest BCUT2D eigenvalue weighted by Crippen LogP contribution is 2.22. The van der Waals surface area contributed by atoms with Crippen LogP contribution >= 0.6 is 12.2 Å². The number of hydrogen-bond donors (Lipinski definition) is 2. The van der Waals surface area contributed by atoms with Crippen LogP contribution in [0.1, 0.15) is 48.6 Å². The van der Waals surface area contributed by atoms with Crippen LogP contribution in [0.25, 0.3) is 0 Å². The molecule has 3 heteroatoms. The Labute approximate surface area is 151 Å². The molecule has 2 nitrogen and oxygen atoms in total. The molecule has 0 bridgehead atoms. The van der Waals surface area contributed by atoms with Gasteiger partial charge >= 0.3 is 0 Å². The average molecular weight is 341 g/mol. The minimum Gasteiger partial charge on any atom is -0.359 e.